The minimum Gasteiger partial charge on any atom is -0.393 e. The first-order chi connectivity index (χ1) is 15.7. The lowest BCUT2D eigenvalue weighted by Crippen LogP contribution is -2.51. The molecule has 0 spiro atoms. The van der Waals surface area contributed by atoms with Gasteiger partial charge in [-0.1, -0.05) is 105 Å². The second kappa shape index (κ2) is 17.4. The van der Waals surface area contributed by atoms with E-state index >= 15 is 0 Å². The van der Waals surface area contributed by atoms with Crippen LogP contribution in [0.15, 0.2) is 0 Å². The molecule has 0 heterocycles. The van der Waals surface area contributed by atoms with E-state index in [0.717, 1.165) is 77.0 Å². The van der Waals surface area contributed by atoms with E-state index in [4.69, 9.17) is 4.74 Å². The van der Waals surface area contributed by atoms with E-state index in [2.05, 4.69) is 13.8 Å². The zero-order chi connectivity index (χ0) is 25.3. The van der Waals surface area contributed by atoms with Crippen molar-refractivity contribution in [1.29, 1.82) is 0 Å². The Labute approximate surface area is 200 Å². The molecule has 196 valence electrons. The fourth-order valence-electron chi connectivity index (χ4n) is 4.53. The van der Waals surface area contributed by atoms with Crippen LogP contribution in [-0.2, 0) is 14.3 Å². The van der Waals surface area contributed by atoms with Crippen LogP contribution in [0.25, 0.3) is 0 Å². The van der Waals surface area contributed by atoms with E-state index < -0.39 is 36.4 Å². The monoisotopic (exact) mass is 474 g/mol. The van der Waals surface area contributed by atoms with Gasteiger partial charge in [-0.05, 0) is 24.7 Å². The van der Waals surface area contributed by atoms with Crippen LogP contribution < -0.4 is 0 Å². The van der Waals surface area contributed by atoms with Gasteiger partial charge in [0.1, 0.15) is 0 Å². The van der Waals surface area contributed by atoms with Gasteiger partial charge in [0.25, 0.3) is 0 Å². The molecule has 33 heavy (non-hydrogen) atoms. The summed E-state index contributed by atoms with van der Waals surface area (Å²) in [6.45, 7) is 6.47. The lowest BCUT2D eigenvalue weighted by atomic mass is 9.84. The van der Waals surface area contributed by atoms with Crippen molar-refractivity contribution >= 4 is 11.9 Å². The van der Waals surface area contributed by atoms with E-state index in [0.29, 0.717) is 0 Å². The number of hydrogen-bond acceptors (Lipinski definition) is 7. The van der Waals surface area contributed by atoms with Crippen LogP contribution in [0.4, 0.5) is 0 Å². The molecule has 0 aliphatic carbocycles. The lowest BCUT2D eigenvalue weighted by molar-refractivity contribution is -0.192. The van der Waals surface area contributed by atoms with E-state index in [1.165, 1.54) is 0 Å². The summed E-state index contributed by atoms with van der Waals surface area (Å²) in [6.07, 6.45) is 11.0. The van der Waals surface area contributed by atoms with Gasteiger partial charge in [0.15, 0.2) is 11.2 Å². The minimum absolute atomic E-state index is 0.00516. The van der Waals surface area contributed by atoms with Gasteiger partial charge < -0.3 is 25.2 Å². The zero-order valence-corrected chi connectivity index (χ0v) is 21.5. The zero-order valence-electron chi connectivity index (χ0n) is 21.5. The SMILES string of the molecule is CCCCCC(CCC)CC(O)(CO)C(=O)OC(=O)C(O)(CO)CC(CCC)CCCCC. The molecule has 0 aromatic heterocycles. The molecule has 0 radical (unpaired) electrons. The molecule has 4 N–H and O–H groups in total. The van der Waals surface area contributed by atoms with Crippen molar-refractivity contribution in [2.45, 2.75) is 129 Å². The van der Waals surface area contributed by atoms with Crippen molar-refractivity contribution in [3.63, 3.8) is 0 Å². The fraction of sp³-hybridized carbons (Fsp3) is 0.923. The Kier molecular flexibility index (Phi) is 16.9. The largest absolute Gasteiger partial charge is 0.393 e. The molecule has 4 unspecified atom stereocenters. The van der Waals surface area contributed by atoms with Crippen molar-refractivity contribution < 1.29 is 34.8 Å². The molecule has 0 saturated carbocycles. The van der Waals surface area contributed by atoms with Crippen LogP contribution in [0.3, 0.4) is 0 Å². The number of hydrogen-bond donors (Lipinski definition) is 4. The highest BCUT2D eigenvalue weighted by Gasteiger charge is 2.45. The molecule has 0 fully saturated rings. The molecule has 7 nitrogen and oxygen atoms in total. The summed E-state index contributed by atoms with van der Waals surface area (Å²) in [5.74, 6) is -2.52. The lowest BCUT2D eigenvalue weighted by Gasteiger charge is -2.31. The van der Waals surface area contributed by atoms with Crippen LogP contribution in [0, 0.1) is 11.8 Å². The van der Waals surface area contributed by atoms with Crippen LogP contribution in [0.2, 0.25) is 0 Å². The van der Waals surface area contributed by atoms with Crippen molar-refractivity contribution in [2.24, 2.45) is 11.8 Å². The van der Waals surface area contributed by atoms with Gasteiger partial charge in [0.2, 0.25) is 0 Å². The maximum absolute atomic E-state index is 12.7. The van der Waals surface area contributed by atoms with Crippen molar-refractivity contribution in [1.82, 2.24) is 0 Å². The quantitative estimate of drug-likeness (QED) is 0.118. The van der Waals surface area contributed by atoms with Gasteiger partial charge >= 0.3 is 11.9 Å². The molecule has 0 saturated heterocycles. The highest BCUT2D eigenvalue weighted by atomic mass is 16.6. The topological polar surface area (TPSA) is 124 Å². The number of unbranched alkanes of at least 4 members (excludes halogenated alkanes) is 4. The highest BCUT2D eigenvalue weighted by Crippen LogP contribution is 2.30. The molecule has 0 aromatic carbocycles. The summed E-state index contributed by atoms with van der Waals surface area (Å²) < 4.78 is 4.87. The van der Waals surface area contributed by atoms with Crippen LogP contribution in [0.5, 0.6) is 0 Å². The normalized spacial score (nSPS) is 17.1. The summed E-state index contributed by atoms with van der Waals surface area (Å²) >= 11 is 0. The Hall–Kier alpha value is -1.02. The third kappa shape index (κ3) is 11.8. The summed E-state index contributed by atoms with van der Waals surface area (Å²) in [5.41, 5.74) is -4.44. The van der Waals surface area contributed by atoms with Gasteiger partial charge in [0, 0.05) is 0 Å². The summed E-state index contributed by atoms with van der Waals surface area (Å²) in [6, 6.07) is 0. The van der Waals surface area contributed by atoms with Crippen molar-refractivity contribution in [3.8, 4) is 0 Å². The smallest absolute Gasteiger partial charge is 0.348 e. The predicted octanol–water partition coefficient (Wildman–Crippen LogP) is 4.28. The van der Waals surface area contributed by atoms with Gasteiger partial charge in [-0.15, -0.1) is 0 Å². The summed E-state index contributed by atoms with van der Waals surface area (Å²) in [5, 5.41) is 41.2. The van der Waals surface area contributed by atoms with Crippen LogP contribution in [-0.4, -0.2) is 56.8 Å². The number of rotatable bonds is 20. The van der Waals surface area contributed by atoms with Gasteiger partial charge in [-0.2, -0.15) is 0 Å². The highest BCUT2D eigenvalue weighted by molar-refractivity contribution is 5.94. The number of carbonyl (C=O) groups is 2. The minimum atomic E-state index is -2.22. The summed E-state index contributed by atoms with van der Waals surface area (Å²) in [4.78, 5) is 25.4. The van der Waals surface area contributed by atoms with Crippen LogP contribution in [0.1, 0.15) is 118 Å². The molecule has 0 rings (SSSR count). The Bertz CT molecular complexity index is 493. The molecule has 0 amide bonds. The number of carbonyl (C=O) groups excluding carboxylic acids is 2. The Morgan fingerprint density at radius 2 is 1.00 bits per heavy atom. The Morgan fingerprint density at radius 3 is 1.27 bits per heavy atom. The third-order valence-electron chi connectivity index (χ3n) is 6.55. The van der Waals surface area contributed by atoms with Gasteiger partial charge in [-0.3, -0.25) is 0 Å². The second-order valence-corrected chi connectivity index (χ2v) is 9.77. The first kappa shape index (κ1) is 32.0. The van der Waals surface area contributed by atoms with Crippen molar-refractivity contribution in [3.05, 3.63) is 0 Å². The van der Waals surface area contributed by atoms with Gasteiger partial charge in [-0.25, -0.2) is 9.59 Å². The van der Waals surface area contributed by atoms with E-state index in [1.54, 1.807) is 0 Å². The average Bonchev–Trinajstić information content (AvgIpc) is 2.79. The van der Waals surface area contributed by atoms with E-state index in [9.17, 15) is 30.0 Å². The number of aliphatic hydroxyl groups is 4. The first-order valence-electron chi connectivity index (χ1n) is 13.1. The maximum atomic E-state index is 12.7. The standard InChI is InChI=1S/C26H50O7/c1-5-9-11-15-21(13-7-3)17-25(31,19-27)23(29)33-24(30)26(32,20-28)18-22(14-8-4)16-12-10-6-2/h21-22,27-28,31-32H,5-20H2,1-4H3. The number of aliphatic hydroxyl groups excluding tert-OH is 2. The van der Waals surface area contributed by atoms with E-state index in [-0.39, 0.29) is 24.7 Å². The molecule has 0 bridgehead atoms. The molecular formula is C26H50O7. The first-order valence-corrected chi connectivity index (χ1v) is 13.1. The van der Waals surface area contributed by atoms with E-state index in [1.807, 2.05) is 13.8 Å². The van der Waals surface area contributed by atoms with Crippen LogP contribution >= 0.6 is 0 Å². The van der Waals surface area contributed by atoms with Crippen molar-refractivity contribution in [2.75, 3.05) is 13.2 Å². The number of ether oxygens (including phenoxy) is 1. The molecule has 0 aliphatic heterocycles. The average molecular weight is 475 g/mol. The molecule has 0 aromatic rings. The van der Waals surface area contributed by atoms with Gasteiger partial charge in [0.05, 0.1) is 13.2 Å². The predicted molar refractivity (Wildman–Crippen MR) is 129 cm³/mol. The molecule has 4 atom stereocenters. The maximum Gasteiger partial charge on any atom is 0.348 e. The second-order valence-electron chi connectivity index (χ2n) is 9.77. The fourth-order valence-corrected chi connectivity index (χ4v) is 4.53. The third-order valence-corrected chi connectivity index (χ3v) is 6.55. The number of esters is 2. The molecule has 7 heteroatoms. The molecule has 0 aliphatic rings. The summed E-state index contributed by atoms with van der Waals surface area (Å²) in [7, 11) is 0. The molecular weight excluding hydrogens is 424 g/mol. The Balaban J connectivity index is 5.29. The Morgan fingerprint density at radius 1 is 0.636 bits per heavy atom.